The second-order valence-electron chi connectivity index (χ2n) is 5.60. The highest BCUT2D eigenvalue weighted by Crippen LogP contribution is 2.26. The van der Waals surface area contributed by atoms with Crippen molar-refractivity contribution in [2.45, 2.75) is 19.4 Å². The Kier molecular flexibility index (Phi) is 5.92. The van der Waals surface area contributed by atoms with Gasteiger partial charge in [0.05, 0.1) is 12.1 Å². The summed E-state index contributed by atoms with van der Waals surface area (Å²) in [6.45, 7) is 1.46. The monoisotopic (exact) mass is 408 g/mol. The minimum absolute atomic E-state index is 0.0959. The SMILES string of the molecule is C[C@@H](OC(=O)Cc1ccsc1)C(=O)Nc1nc(-c2ccc(F)c(F)c2)cs1. The summed E-state index contributed by atoms with van der Waals surface area (Å²) in [5.41, 5.74) is 1.62. The number of benzene rings is 1. The normalized spacial score (nSPS) is 11.8. The summed E-state index contributed by atoms with van der Waals surface area (Å²) >= 11 is 2.60. The lowest BCUT2D eigenvalue weighted by Gasteiger charge is -2.12. The van der Waals surface area contributed by atoms with E-state index in [4.69, 9.17) is 4.74 Å². The molecule has 0 spiro atoms. The maximum atomic E-state index is 13.3. The number of thiophene rings is 1. The van der Waals surface area contributed by atoms with E-state index in [1.807, 2.05) is 16.8 Å². The zero-order chi connectivity index (χ0) is 19.4. The highest BCUT2D eigenvalue weighted by Gasteiger charge is 2.19. The van der Waals surface area contributed by atoms with Crippen LogP contribution in [0, 0.1) is 11.6 Å². The van der Waals surface area contributed by atoms with Gasteiger partial charge in [0.1, 0.15) is 0 Å². The molecule has 0 radical (unpaired) electrons. The molecule has 5 nitrogen and oxygen atoms in total. The number of esters is 1. The maximum Gasteiger partial charge on any atom is 0.311 e. The Balaban J connectivity index is 1.58. The molecule has 140 valence electrons. The predicted molar refractivity (Wildman–Crippen MR) is 99.7 cm³/mol. The van der Waals surface area contributed by atoms with E-state index in [9.17, 15) is 18.4 Å². The summed E-state index contributed by atoms with van der Waals surface area (Å²) in [5, 5.41) is 8.11. The molecule has 0 unspecified atom stereocenters. The molecule has 0 aliphatic heterocycles. The Morgan fingerprint density at radius 3 is 2.74 bits per heavy atom. The third-order valence-electron chi connectivity index (χ3n) is 3.56. The minimum atomic E-state index is -0.994. The Bertz CT molecular complexity index is 957. The molecule has 2 aromatic heterocycles. The van der Waals surface area contributed by atoms with Gasteiger partial charge in [0.25, 0.3) is 5.91 Å². The molecule has 2 heterocycles. The Morgan fingerprint density at radius 2 is 2.04 bits per heavy atom. The van der Waals surface area contributed by atoms with Crippen LogP contribution in [0.2, 0.25) is 0 Å². The number of aromatic nitrogens is 1. The lowest BCUT2D eigenvalue weighted by atomic mass is 10.2. The molecule has 0 saturated carbocycles. The van der Waals surface area contributed by atoms with E-state index < -0.39 is 29.6 Å². The van der Waals surface area contributed by atoms with Gasteiger partial charge in [-0.3, -0.25) is 14.9 Å². The Labute approximate surface area is 161 Å². The van der Waals surface area contributed by atoms with Gasteiger partial charge in [-0.05, 0) is 47.5 Å². The summed E-state index contributed by atoms with van der Waals surface area (Å²) in [4.78, 5) is 28.2. The van der Waals surface area contributed by atoms with Crippen LogP contribution < -0.4 is 5.32 Å². The van der Waals surface area contributed by atoms with Crippen LogP contribution in [-0.4, -0.2) is 23.0 Å². The maximum absolute atomic E-state index is 13.3. The van der Waals surface area contributed by atoms with E-state index in [1.54, 1.807) is 5.38 Å². The van der Waals surface area contributed by atoms with Gasteiger partial charge in [-0.2, -0.15) is 11.3 Å². The molecule has 3 rings (SSSR count). The first-order chi connectivity index (χ1) is 12.9. The number of hydrogen-bond donors (Lipinski definition) is 1. The lowest BCUT2D eigenvalue weighted by Crippen LogP contribution is -2.30. The van der Waals surface area contributed by atoms with Crippen LogP contribution in [-0.2, 0) is 20.7 Å². The van der Waals surface area contributed by atoms with Gasteiger partial charge in [0.2, 0.25) is 0 Å². The summed E-state index contributed by atoms with van der Waals surface area (Å²) in [6, 6.07) is 5.25. The average Bonchev–Trinajstić information content (AvgIpc) is 3.29. The summed E-state index contributed by atoms with van der Waals surface area (Å²) in [7, 11) is 0. The Hall–Kier alpha value is -2.65. The van der Waals surface area contributed by atoms with Crippen molar-refractivity contribution in [1.82, 2.24) is 4.98 Å². The number of halogens is 2. The second kappa shape index (κ2) is 8.36. The van der Waals surface area contributed by atoms with Crippen molar-refractivity contribution in [3.05, 3.63) is 57.6 Å². The number of thiazole rings is 1. The minimum Gasteiger partial charge on any atom is -0.452 e. The van der Waals surface area contributed by atoms with Gasteiger partial charge >= 0.3 is 5.97 Å². The van der Waals surface area contributed by atoms with E-state index in [0.717, 1.165) is 29.0 Å². The lowest BCUT2D eigenvalue weighted by molar-refractivity contribution is -0.152. The first-order valence-electron chi connectivity index (χ1n) is 7.85. The molecule has 3 aromatic rings. The fourth-order valence-electron chi connectivity index (χ4n) is 2.18. The van der Waals surface area contributed by atoms with Crippen molar-refractivity contribution in [2.75, 3.05) is 5.32 Å². The van der Waals surface area contributed by atoms with Crippen molar-refractivity contribution in [1.29, 1.82) is 0 Å². The number of anilines is 1. The fourth-order valence-corrected chi connectivity index (χ4v) is 3.57. The number of nitrogens with one attached hydrogen (secondary N) is 1. The fraction of sp³-hybridized carbons (Fsp3) is 0.167. The standard InChI is InChI=1S/C18H14F2N2O3S2/c1-10(25-16(23)6-11-4-5-26-8-11)17(24)22-18-21-15(9-27-18)12-2-3-13(19)14(20)7-12/h2-5,7-10H,6H2,1H3,(H,21,22,24)/t10-/m1/s1. The van der Waals surface area contributed by atoms with E-state index in [-0.39, 0.29) is 11.6 Å². The number of ether oxygens (including phenoxy) is 1. The molecule has 1 aromatic carbocycles. The van der Waals surface area contributed by atoms with Crippen molar-refractivity contribution < 1.29 is 23.1 Å². The molecule has 0 aliphatic carbocycles. The summed E-state index contributed by atoms with van der Waals surface area (Å²) in [5.74, 6) is -2.95. The number of carbonyl (C=O) groups is 2. The van der Waals surface area contributed by atoms with Crippen molar-refractivity contribution in [3.63, 3.8) is 0 Å². The van der Waals surface area contributed by atoms with E-state index in [1.165, 1.54) is 24.3 Å². The van der Waals surface area contributed by atoms with Crippen LogP contribution >= 0.6 is 22.7 Å². The molecule has 1 atom stereocenters. The highest BCUT2D eigenvalue weighted by molar-refractivity contribution is 7.14. The molecule has 0 bridgehead atoms. The number of rotatable bonds is 6. The molecule has 9 heteroatoms. The van der Waals surface area contributed by atoms with Gasteiger partial charge in [-0.25, -0.2) is 13.8 Å². The number of nitrogens with zero attached hydrogens (tertiary/aromatic N) is 1. The van der Waals surface area contributed by atoms with Crippen LogP contribution in [0.25, 0.3) is 11.3 Å². The van der Waals surface area contributed by atoms with Crippen LogP contribution in [0.3, 0.4) is 0 Å². The van der Waals surface area contributed by atoms with Gasteiger partial charge in [-0.1, -0.05) is 0 Å². The first-order valence-corrected chi connectivity index (χ1v) is 9.67. The van der Waals surface area contributed by atoms with Crippen molar-refractivity contribution in [2.24, 2.45) is 0 Å². The molecule has 27 heavy (non-hydrogen) atoms. The van der Waals surface area contributed by atoms with Crippen molar-refractivity contribution in [3.8, 4) is 11.3 Å². The second-order valence-corrected chi connectivity index (χ2v) is 7.23. The van der Waals surface area contributed by atoms with Crippen LogP contribution in [0.15, 0.2) is 40.4 Å². The summed E-state index contributed by atoms with van der Waals surface area (Å²) < 4.78 is 31.5. The quantitative estimate of drug-likeness (QED) is 0.619. The van der Waals surface area contributed by atoms with Crippen LogP contribution in [0.1, 0.15) is 12.5 Å². The molecule has 0 fully saturated rings. The van der Waals surface area contributed by atoms with E-state index in [0.29, 0.717) is 11.3 Å². The number of hydrogen-bond acceptors (Lipinski definition) is 6. The molecule has 0 saturated heterocycles. The van der Waals surface area contributed by atoms with Crippen LogP contribution in [0.4, 0.5) is 13.9 Å². The smallest absolute Gasteiger partial charge is 0.311 e. The van der Waals surface area contributed by atoms with E-state index in [2.05, 4.69) is 10.3 Å². The number of amides is 1. The third kappa shape index (κ3) is 4.95. The Morgan fingerprint density at radius 1 is 1.22 bits per heavy atom. The topological polar surface area (TPSA) is 68.3 Å². The predicted octanol–water partition coefficient (Wildman–Crippen LogP) is 4.26. The highest BCUT2D eigenvalue weighted by atomic mass is 32.1. The summed E-state index contributed by atoms with van der Waals surface area (Å²) in [6.07, 6.45) is -0.898. The van der Waals surface area contributed by atoms with Gasteiger partial charge in [0.15, 0.2) is 22.9 Å². The van der Waals surface area contributed by atoms with Gasteiger partial charge in [0, 0.05) is 10.9 Å². The molecule has 1 amide bonds. The van der Waals surface area contributed by atoms with Crippen LogP contribution in [0.5, 0.6) is 0 Å². The zero-order valence-corrected chi connectivity index (χ0v) is 15.7. The average molecular weight is 408 g/mol. The third-order valence-corrected chi connectivity index (χ3v) is 5.05. The van der Waals surface area contributed by atoms with Gasteiger partial charge in [-0.15, -0.1) is 11.3 Å². The number of carbonyl (C=O) groups excluding carboxylic acids is 2. The van der Waals surface area contributed by atoms with Crippen molar-refractivity contribution >= 4 is 39.7 Å². The van der Waals surface area contributed by atoms with Gasteiger partial charge < -0.3 is 4.74 Å². The molecule has 0 aliphatic rings. The molecular formula is C18H14F2N2O3S2. The van der Waals surface area contributed by atoms with E-state index >= 15 is 0 Å². The zero-order valence-electron chi connectivity index (χ0n) is 14.1. The molecule has 1 N–H and O–H groups in total. The first kappa shape index (κ1) is 19.1. The largest absolute Gasteiger partial charge is 0.452 e. The molecular weight excluding hydrogens is 394 g/mol.